The standard InChI is InChI=1S/C21H19ClN2O2/c1-3-26-19-11-9-15(12-18(19)22)13-23-24-21(25)20-14(2)8-10-16-6-4-5-7-17(16)20/h4-13H,3H2,1-2H3,(H,24,25)/b23-13-. The van der Waals surface area contributed by atoms with Crippen LogP contribution in [-0.4, -0.2) is 18.7 Å². The third-order valence-electron chi connectivity index (χ3n) is 4.00. The Labute approximate surface area is 157 Å². The van der Waals surface area contributed by atoms with E-state index in [0.29, 0.717) is 22.9 Å². The first-order chi connectivity index (χ1) is 12.6. The number of hydrazone groups is 1. The van der Waals surface area contributed by atoms with Crippen molar-refractivity contribution in [3.63, 3.8) is 0 Å². The van der Waals surface area contributed by atoms with Gasteiger partial charge in [-0.25, -0.2) is 5.43 Å². The second kappa shape index (κ2) is 8.02. The Kier molecular flexibility index (Phi) is 5.54. The lowest BCUT2D eigenvalue weighted by Crippen LogP contribution is -2.19. The molecule has 0 saturated heterocycles. The summed E-state index contributed by atoms with van der Waals surface area (Å²) in [6.45, 7) is 4.36. The molecule has 1 N–H and O–H groups in total. The Morgan fingerprint density at radius 2 is 2.00 bits per heavy atom. The smallest absolute Gasteiger partial charge is 0.272 e. The number of halogens is 1. The van der Waals surface area contributed by atoms with Crippen LogP contribution in [-0.2, 0) is 0 Å². The Balaban J connectivity index is 1.78. The highest BCUT2D eigenvalue weighted by Crippen LogP contribution is 2.25. The molecular formula is C21H19ClN2O2. The Hall–Kier alpha value is -2.85. The number of amides is 1. The van der Waals surface area contributed by atoms with Gasteiger partial charge < -0.3 is 4.74 Å². The van der Waals surface area contributed by atoms with Gasteiger partial charge in [0, 0.05) is 0 Å². The number of nitrogens with one attached hydrogen (secondary N) is 1. The maximum atomic E-state index is 12.6. The average molecular weight is 367 g/mol. The number of hydrogen-bond donors (Lipinski definition) is 1. The van der Waals surface area contributed by atoms with Crippen molar-refractivity contribution in [3.05, 3.63) is 76.3 Å². The van der Waals surface area contributed by atoms with Gasteiger partial charge in [0.1, 0.15) is 5.75 Å². The number of rotatable bonds is 5. The summed E-state index contributed by atoms with van der Waals surface area (Å²) in [5.74, 6) is 0.384. The molecule has 3 rings (SSSR count). The van der Waals surface area contributed by atoms with Gasteiger partial charge in [0.15, 0.2) is 0 Å². The average Bonchev–Trinajstić information content (AvgIpc) is 2.64. The molecule has 0 aliphatic carbocycles. The predicted molar refractivity (Wildman–Crippen MR) is 106 cm³/mol. The molecule has 0 fully saturated rings. The molecule has 0 aliphatic heterocycles. The van der Waals surface area contributed by atoms with Crippen molar-refractivity contribution in [3.8, 4) is 5.75 Å². The topological polar surface area (TPSA) is 50.7 Å². The van der Waals surface area contributed by atoms with Crippen molar-refractivity contribution in [2.75, 3.05) is 6.61 Å². The lowest BCUT2D eigenvalue weighted by molar-refractivity contribution is 0.0956. The normalized spacial score (nSPS) is 11.0. The zero-order valence-electron chi connectivity index (χ0n) is 14.6. The van der Waals surface area contributed by atoms with E-state index in [2.05, 4.69) is 10.5 Å². The monoisotopic (exact) mass is 366 g/mol. The molecule has 26 heavy (non-hydrogen) atoms. The fraction of sp³-hybridized carbons (Fsp3) is 0.143. The molecule has 0 heterocycles. The first-order valence-corrected chi connectivity index (χ1v) is 8.72. The molecule has 0 aromatic heterocycles. The van der Waals surface area contributed by atoms with E-state index < -0.39 is 0 Å². The molecule has 132 valence electrons. The van der Waals surface area contributed by atoms with Gasteiger partial charge in [0.25, 0.3) is 5.91 Å². The molecule has 1 amide bonds. The molecule has 0 unspecified atom stereocenters. The van der Waals surface area contributed by atoms with Crippen LogP contribution in [0.3, 0.4) is 0 Å². The fourth-order valence-corrected chi connectivity index (χ4v) is 3.02. The van der Waals surface area contributed by atoms with Crippen molar-refractivity contribution in [1.82, 2.24) is 5.43 Å². The zero-order chi connectivity index (χ0) is 18.5. The summed E-state index contributed by atoms with van der Waals surface area (Å²) in [6.07, 6.45) is 1.56. The lowest BCUT2D eigenvalue weighted by atomic mass is 9.99. The van der Waals surface area contributed by atoms with Crippen LogP contribution in [0.1, 0.15) is 28.4 Å². The number of nitrogens with zero attached hydrogens (tertiary/aromatic N) is 1. The highest BCUT2D eigenvalue weighted by Gasteiger charge is 2.12. The summed E-state index contributed by atoms with van der Waals surface area (Å²) in [6, 6.07) is 17.1. The molecule has 0 saturated carbocycles. The van der Waals surface area contributed by atoms with E-state index in [0.717, 1.165) is 21.9 Å². The summed E-state index contributed by atoms with van der Waals surface area (Å²) >= 11 is 6.16. The third kappa shape index (κ3) is 3.86. The van der Waals surface area contributed by atoms with Crippen LogP contribution in [0.4, 0.5) is 0 Å². The molecule has 0 atom stereocenters. The maximum Gasteiger partial charge on any atom is 0.272 e. The molecule has 3 aromatic rings. The molecule has 4 nitrogen and oxygen atoms in total. The van der Waals surface area contributed by atoms with E-state index in [1.54, 1.807) is 18.3 Å². The van der Waals surface area contributed by atoms with Crippen LogP contribution in [0, 0.1) is 6.92 Å². The van der Waals surface area contributed by atoms with Gasteiger partial charge in [-0.2, -0.15) is 5.10 Å². The quantitative estimate of drug-likeness (QED) is 0.512. The van der Waals surface area contributed by atoms with E-state index in [-0.39, 0.29) is 5.91 Å². The van der Waals surface area contributed by atoms with Crippen LogP contribution >= 0.6 is 11.6 Å². The van der Waals surface area contributed by atoms with Crippen LogP contribution in [0.15, 0.2) is 59.7 Å². The Bertz CT molecular complexity index is 983. The maximum absolute atomic E-state index is 12.6. The highest BCUT2D eigenvalue weighted by atomic mass is 35.5. The fourth-order valence-electron chi connectivity index (χ4n) is 2.77. The van der Waals surface area contributed by atoms with Crippen molar-refractivity contribution in [1.29, 1.82) is 0 Å². The van der Waals surface area contributed by atoms with Gasteiger partial charge in [-0.15, -0.1) is 0 Å². The number of carbonyl (C=O) groups excluding carboxylic acids is 1. The van der Waals surface area contributed by atoms with Gasteiger partial charge in [-0.1, -0.05) is 48.0 Å². The minimum atomic E-state index is -0.243. The molecule has 0 spiro atoms. The molecule has 5 heteroatoms. The first kappa shape index (κ1) is 18.0. The SMILES string of the molecule is CCOc1ccc(/C=N\NC(=O)c2c(C)ccc3ccccc23)cc1Cl. The van der Waals surface area contributed by atoms with Gasteiger partial charge >= 0.3 is 0 Å². The van der Waals surface area contributed by atoms with Crippen LogP contribution in [0.25, 0.3) is 10.8 Å². The molecule has 3 aromatic carbocycles. The van der Waals surface area contributed by atoms with E-state index in [1.807, 2.05) is 56.3 Å². The number of hydrogen-bond acceptors (Lipinski definition) is 3. The summed E-state index contributed by atoms with van der Waals surface area (Å²) in [4.78, 5) is 12.6. The molecular weight excluding hydrogens is 348 g/mol. The largest absolute Gasteiger partial charge is 0.492 e. The van der Waals surface area contributed by atoms with Crippen molar-refractivity contribution in [2.45, 2.75) is 13.8 Å². The summed E-state index contributed by atoms with van der Waals surface area (Å²) in [7, 11) is 0. The highest BCUT2D eigenvalue weighted by molar-refractivity contribution is 6.32. The van der Waals surface area contributed by atoms with E-state index in [1.165, 1.54) is 0 Å². The van der Waals surface area contributed by atoms with Gasteiger partial charge in [-0.3, -0.25) is 4.79 Å². The summed E-state index contributed by atoms with van der Waals surface area (Å²) in [5, 5.41) is 6.49. The molecule has 0 bridgehead atoms. The number of benzene rings is 3. The van der Waals surface area contributed by atoms with Crippen molar-refractivity contribution >= 4 is 34.5 Å². The molecule has 0 radical (unpaired) electrons. The minimum absolute atomic E-state index is 0.243. The van der Waals surface area contributed by atoms with Gasteiger partial charge in [0.05, 0.1) is 23.4 Å². The minimum Gasteiger partial charge on any atom is -0.492 e. The Morgan fingerprint density at radius 1 is 1.19 bits per heavy atom. The number of ether oxygens (including phenoxy) is 1. The Morgan fingerprint density at radius 3 is 2.77 bits per heavy atom. The second-order valence-electron chi connectivity index (χ2n) is 5.80. The third-order valence-corrected chi connectivity index (χ3v) is 4.30. The van der Waals surface area contributed by atoms with Gasteiger partial charge in [-0.05, 0) is 53.9 Å². The van der Waals surface area contributed by atoms with E-state index in [9.17, 15) is 4.79 Å². The van der Waals surface area contributed by atoms with Crippen LogP contribution < -0.4 is 10.2 Å². The van der Waals surface area contributed by atoms with Crippen LogP contribution in [0.5, 0.6) is 5.75 Å². The van der Waals surface area contributed by atoms with Crippen LogP contribution in [0.2, 0.25) is 5.02 Å². The first-order valence-electron chi connectivity index (χ1n) is 8.34. The predicted octanol–water partition coefficient (Wildman–Crippen LogP) is 4.96. The lowest BCUT2D eigenvalue weighted by Gasteiger charge is -2.09. The summed E-state index contributed by atoms with van der Waals surface area (Å²) in [5.41, 5.74) is 4.90. The number of carbonyl (C=O) groups is 1. The van der Waals surface area contributed by atoms with Crippen molar-refractivity contribution in [2.24, 2.45) is 5.10 Å². The van der Waals surface area contributed by atoms with E-state index >= 15 is 0 Å². The second-order valence-corrected chi connectivity index (χ2v) is 6.21. The number of fused-ring (bicyclic) bond motifs is 1. The zero-order valence-corrected chi connectivity index (χ0v) is 15.4. The molecule has 0 aliphatic rings. The van der Waals surface area contributed by atoms with Crippen molar-refractivity contribution < 1.29 is 9.53 Å². The van der Waals surface area contributed by atoms with Gasteiger partial charge in [0.2, 0.25) is 0 Å². The van der Waals surface area contributed by atoms with E-state index in [4.69, 9.17) is 16.3 Å². The summed E-state index contributed by atoms with van der Waals surface area (Å²) < 4.78 is 5.40. The number of aryl methyl sites for hydroxylation is 1.